The van der Waals surface area contributed by atoms with Crippen LogP contribution in [0.1, 0.15) is 0 Å². The summed E-state index contributed by atoms with van der Waals surface area (Å²) in [5.41, 5.74) is 1.69. The van der Waals surface area contributed by atoms with Crippen molar-refractivity contribution in [3.8, 4) is 16.9 Å². The molecular weight excluding hydrogens is 233 g/mol. The van der Waals surface area contributed by atoms with E-state index in [1.54, 1.807) is 18.5 Å². The van der Waals surface area contributed by atoms with Crippen LogP contribution in [0.15, 0.2) is 36.7 Å². The van der Waals surface area contributed by atoms with Crippen molar-refractivity contribution in [3.63, 3.8) is 0 Å². The van der Waals surface area contributed by atoms with Crippen molar-refractivity contribution in [1.29, 1.82) is 0 Å². The highest BCUT2D eigenvalue weighted by atomic mass is 35.5. The van der Waals surface area contributed by atoms with Crippen molar-refractivity contribution in [2.45, 2.75) is 0 Å². The second-order valence-electron chi connectivity index (χ2n) is 3.02. The highest BCUT2D eigenvalue weighted by Crippen LogP contribution is 2.35. The molecule has 0 radical (unpaired) electrons. The Balaban J connectivity index is 2.59. The number of phenolic OH excluding ortho intramolecular Hbond substituents is 1. The zero-order valence-electron chi connectivity index (χ0n) is 7.61. The van der Waals surface area contributed by atoms with Gasteiger partial charge in [0.05, 0.1) is 10.0 Å². The van der Waals surface area contributed by atoms with E-state index in [-0.39, 0.29) is 10.8 Å². The van der Waals surface area contributed by atoms with Crippen LogP contribution in [-0.2, 0) is 0 Å². The highest BCUT2D eigenvalue weighted by molar-refractivity contribution is 6.36. The minimum Gasteiger partial charge on any atom is -0.506 e. The van der Waals surface area contributed by atoms with E-state index in [0.29, 0.717) is 5.02 Å². The van der Waals surface area contributed by atoms with Crippen LogP contribution in [0, 0.1) is 0 Å². The summed E-state index contributed by atoms with van der Waals surface area (Å²) < 4.78 is 0. The van der Waals surface area contributed by atoms with Gasteiger partial charge in [-0.1, -0.05) is 23.2 Å². The number of phenols is 1. The molecule has 15 heavy (non-hydrogen) atoms. The maximum atomic E-state index is 9.34. The lowest BCUT2D eigenvalue weighted by molar-refractivity contribution is 0.475. The van der Waals surface area contributed by atoms with E-state index in [0.717, 1.165) is 11.1 Å². The Kier molecular flexibility index (Phi) is 2.80. The molecule has 0 fully saturated rings. The first-order chi connectivity index (χ1) is 7.18. The zero-order chi connectivity index (χ0) is 10.8. The first-order valence-electron chi connectivity index (χ1n) is 4.27. The second-order valence-corrected chi connectivity index (χ2v) is 3.83. The number of pyridine rings is 1. The van der Waals surface area contributed by atoms with Crippen LogP contribution in [0.3, 0.4) is 0 Å². The van der Waals surface area contributed by atoms with Crippen LogP contribution >= 0.6 is 23.2 Å². The van der Waals surface area contributed by atoms with Crippen molar-refractivity contribution in [1.82, 2.24) is 4.98 Å². The number of nitrogens with zero attached hydrogens (tertiary/aromatic N) is 1. The van der Waals surface area contributed by atoms with Gasteiger partial charge >= 0.3 is 0 Å². The van der Waals surface area contributed by atoms with E-state index >= 15 is 0 Å². The molecule has 0 unspecified atom stereocenters. The monoisotopic (exact) mass is 239 g/mol. The molecule has 2 nitrogen and oxygen atoms in total. The molecule has 76 valence electrons. The fraction of sp³-hybridized carbons (Fsp3) is 0. The Morgan fingerprint density at radius 1 is 1.00 bits per heavy atom. The summed E-state index contributed by atoms with van der Waals surface area (Å²) in [5, 5.41) is 10.1. The van der Waals surface area contributed by atoms with Crippen molar-refractivity contribution in [3.05, 3.63) is 46.7 Å². The molecule has 1 N–H and O–H groups in total. The van der Waals surface area contributed by atoms with E-state index in [4.69, 9.17) is 23.2 Å². The van der Waals surface area contributed by atoms with Crippen LogP contribution in [0.4, 0.5) is 0 Å². The highest BCUT2D eigenvalue weighted by Gasteiger charge is 2.07. The molecule has 0 atom stereocenters. The van der Waals surface area contributed by atoms with Crippen LogP contribution in [-0.4, -0.2) is 10.1 Å². The number of aromatic hydroxyl groups is 1. The van der Waals surface area contributed by atoms with Gasteiger partial charge in [-0.15, -0.1) is 0 Å². The van der Waals surface area contributed by atoms with Gasteiger partial charge in [0, 0.05) is 24.0 Å². The summed E-state index contributed by atoms with van der Waals surface area (Å²) in [7, 11) is 0. The molecule has 0 aliphatic rings. The maximum Gasteiger partial charge on any atom is 0.135 e. The molecular formula is C11H7Cl2NO. The van der Waals surface area contributed by atoms with Gasteiger partial charge in [-0.25, -0.2) is 0 Å². The smallest absolute Gasteiger partial charge is 0.135 e. The third-order valence-corrected chi connectivity index (χ3v) is 2.64. The summed E-state index contributed by atoms with van der Waals surface area (Å²) in [4.78, 5) is 3.92. The Morgan fingerprint density at radius 3 is 2.33 bits per heavy atom. The van der Waals surface area contributed by atoms with E-state index in [1.165, 1.54) is 6.07 Å². The molecule has 0 aliphatic heterocycles. The van der Waals surface area contributed by atoms with E-state index in [2.05, 4.69) is 4.98 Å². The molecule has 4 heteroatoms. The van der Waals surface area contributed by atoms with Crippen LogP contribution in [0.25, 0.3) is 11.1 Å². The number of benzene rings is 1. The van der Waals surface area contributed by atoms with Crippen LogP contribution < -0.4 is 0 Å². The second kappa shape index (κ2) is 4.09. The lowest BCUT2D eigenvalue weighted by Gasteiger charge is -2.06. The fourth-order valence-corrected chi connectivity index (χ4v) is 1.72. The van der Waals surface area contributed by atoms with E-state index in [9.17, 15) is 5.11 Å². The Hall–Kier alpha value is -1.25. The number of rotatable bonds is 1. The lowest BCUT2D eigenvalue weighted by atomic mass is 10.1. The third kappa shape index (κ3) is 2.06. The molecule has 0 bridgehead atoms. The summed E-state index contributed by atoms with van der Waals surface area (Å²) in [6.45, 7) is 0. The molecule has 1 aromatic heterocycles. The molecule has 0 saturated carbocycles. The average molecular weight is 240 g/mol. The summed E-state index contributed by atoms with van der Waals surface area (Å²) >= 11 is 11.8. The van der Waals surface area contributed by atoms with Gasteiger partial charge in [0.25, 0.3) is 0 Å². The number of aromatic nitrogens is 1. The molecule has 0 spiro atoms. The summed E-state index contributed by atoms with van der Waals surface area (Å²) in [6.07, 6.45) is 3.35. The predicted molar refractivity (Wildman–Crippen MR) is 61.4 cm³/mol. The molecule has 2 aromatic rings. The lowest BCUT2D eigenvalue weighted by Crippen LogP contribution is -1.81. The van der Waals surface area contributed by atoms with Gasteiger partial charge in [-0.3, -0.25) is 4.98 Å². The first-order valence-corrected chi connectivity index (χ1v) is 5.02. The van der Waals surface area contributed by atoms with Gasteiger partial charge in [-0.2, -0.15) is 0 Å². The zero-order valence-corrected chi connectivity index (χ0v) is 9.13. The molecule has 0 amide bonds. The van der Waals surface area contributed by atoms with Crippen molar-refractivity contribution in [2.24, 2.45) is 0 Å². The van der Waals surface area contributed by atoms with Gasteiger partial charge in [0.15, 0.2) is 0 Å². The molecule has 1 heterocycles. The average Bonchev–Trinajstić information content (AvgIpc) is 2.25. The minimum absolute atomic E-state index is 0.0144. The van der Waals surface area contributed by atoms with Gasteiger partial charge in [0.1, 0.15) is 5.75 Å². The van der Waals surface area contributed by atoms with Gasteiger partial charge in [0.2, 0.25) is 0 Å². The predicted octanol–water partition coefficient (Wildman–Crippen LogP) is 3.76. The van der Waals surface area contributed by atoms with Crippen LogP contribution in [0.5, 0.6) is 5.75 Å². The fourth-order valence-electron chi connectivity index (χ4n) is 1.29. The van der Waals surface area contributed by atoms with E-state index < -0.39 is 0 Å². The van der Waals surface area contributed by atoms with Crippen LogP contribution in [0.2, 0.25) is 10.0 Å². The summed E-state index contributed by atoms with van der Waals surface area (Å²) in [5.74, 6) is -0.0144. The van der Waals surface area contributed by atoms with Crippen molar-refractivity contribution >= 4 is 23.2 Å². The molecule has 2 rings (SSSR count). The van der Waals surface area contributed by atoms with E-state index in [1.807, 2.05) is 12.1 Å². The summed E-state index contributed by atoms with van der Waals surface area (Å²) in [6, 6.07) is 6.72. The number of hydrogen-bond donors (Lipinski definition) is 1. The van der Waals surface area contributed by atoms with Gasteiger partial charge in [-0.05, 0) is 23.8 Å². The molecule has 0 aliphatic carbocycles. The normalized spacial score (nSPS) is 10.3. The van der Waals surface area contributed by atoms with Crippen molar-refractivity contribution < 1.29 is 5.11 Å². The van der Waals surface area contributed by atoms with Crippen molar-refractivity contribution in [2.75, 3.05) is 0 Å². The van der Waals surface area contributed by atoms with Gasteiger partial charge < -0.3 is 5.11 Å². The maximum absolute atomic E-state index is 9.34. The SMILES string of the molecule is Oc1cc(Cl)c(-c2ccncc2)cc1Cl. The Morgan fingerprint density at radius 2 is 1.67 bits per heavy atom. The number of hydrogen-bond acceptors (Lipinski definition) is 2. The molecule has 0 saturated heterocycles. The number of halogens is 2. The third-order valence-electron chi connectivity index (χ3n) is 2.03. The Bertz CT molecular complexity index is 485. The largest absolute Gasteiger partial charge is 0.506 e. The topological polar surface area (TPSA) is 33.1 Å². The quantitative estimate of drug-likeness (QED) is 0.823. The first kappa shape index (κ1) is 10.3. The Labute approximate surface area is 97.1 Å². The minimum atomic E-state index is -0.0144. The standard InChI is InChI=1S/C11H7Cl2NO/c12-9-6-11(15)10(13)5-8(9)7-1-3-14-4-2-7/h1-6,15H. The molecule has 1 aromatic carbocycles.